The normalized spacial score (nSPS) is 18.6. The molecule has 3 rings (SSSR count). The Kier molecular flexibility index (Phi) is 6.45. The molecule has 28 heavy (non-hydrogen) atoms. The van der Waals surface area contributed by atoms with E-state index in [-0.39, 0.29) is 24.3 Å². The van der Waals surface area contributed by atoms with Gasteiger partial charge in [0.1, 0.15) is 5.00 Å². The van der Waals surface area contributed by atoms with Crippen molar-refractivity contribution in [3.05, 3.63) is 35.2 Å². The molecule has 0 radical (unpaired) electrons. The van der Waals surface area contributed by atoms with Crippen molar-refractivity contribution in [2.24, 2.45) is 0 Å². The van der Waals surface area contributed by atoms with Crippen LogP contribution < -0.4 is 10.6 Å². The third kappa shape index (κ3) is 4.41. The molecule has 0 unspecified atom stereocenters. The van der Waals surface area contributed by atoms with Crippen LogP contribution in [0.5, 0.6) is 0 Å². The molecule has 9 heteroatoms. The van der Waals surface area contributed by atoms with Gasteiger partial charge in [-0.2, -0.15) is 0 Å². The van der Waals surface area contributed by atoms with E-state index < -0.39 is 17.8 Å². The Balaban J connectivity index is 1.67. The number of hydrogen-bond acceptors (Lipinski definition) is 6. The van der Waals surface area contributed by atoms with Crippen LogP contribution in [-0.2, 0) is 20.7 Å². The molecule has 0 spiro atoms. The molecule has 0 aliphatic heterocycles. The Labute approximate surface area is 167 Å². The van der Waals surface area contributed by atoms with Crippen molar-refractivity contribution >= 4 is 34.1 Å². The van der Waals surface area contributed by atoms with E-state index in [1.165, 1.54) is 11.3 Å². The second kappa shape index (κ2) is 9.01. The number of carbonyl (C=O) groups is 3. The van der Waals surface area contributed by atoms with Crippen molar-refractivity contribution in [3.63, 3.8) is 0 Å². The average Bonchev–Trinajstić information content (AvgIpc) is 3.42. The fourth-order valence-electron chi connectivity index (χ4n) is 3.39. The standard InChI is InChI=1S/C19H24N4O4S/c1-3-12-10-13(19(26)27-4-2)18(28-12)22-17(25)16(24)21-14-6-5-7-15(14)23-9-8-20-11-23/h8-11,14-15H,3-7H2,1-2H3,(H,21,24)(H,22,25)/t14-,15+/m0/s1. The van der Waals surface area contributed by atoms with Crippen LogP contribution in [0.4, 0.5) is 5.00 Å². The molecule has 2 aromatic rings. The summed E-state index contributed by atoms with van der Waals surface area (Å²) in [5, 5.41) is 5.74. The summed E-state index contributed by atoms with van der Waals surface area (Å²) >= 11 is 1.28. The van der Waals surface area contributed by atoms with Crippen LogP contribution in [-0.4, -0.2) is 40.0 Å². The molecule has 1 aliphatic carbocycles. The average molecular weight is 404 g/mol. The van der Waals surface area contributed by atoms with E-state index in [4.69, 9.17) is 4.74 Å². The van der Waals surface area contributed by atoms with Crippen LogP contribution in [0.15, 0.2) is 24.8 Å². The summed E-state index contributed by atoms with van der Waals surface area (Å²) in [6.45, 7) is 3.91. The Bertz CT molecular complexity index is 846. The van der Waals surface area contributed by atoms with E-state index in [1.54, 1.807) is 25.5 Å². The molecule has 2 heterocycles. The van der Waals surface area contributed by atoms with Gasteiger partial charge in [0.15, 0.2) is 0 Å². The molecule has 0 aromatic carbocycles. The summed E-state index contributed by atoms with van der Waals surface area (Å²) in [4.78, 5) is 42.0. The quantitative estimate of drug-likeness (QED) is 0.569. The van der Waals surface area contributed by atoms with Gasteiger partial charge in [-0.1, -0.05) is 6.92 Å². The van der Waals surface area contributed by atoms with E-state index in [9.17, 15) is 14.4 Å². The summed E-state index contributed by atoms with van der Waals surface area (Å²) in [5.41, 5.74) is 0.280. The zero-order chi connectivity index (χ0) is 20.1. The van der Waals surface area contributed by atoms with Crippen LogP contribution in [0.3, 0.4) is 0 Å². The maximum absolute atomic E-state index is 12.4. The van der Waals surface area contributed by atoms with Crippen molar-refractivity contribution in [2.75, 3.05) is 11.9 Å². The van der Waals surface area contributed by atoms with Gasteiger partial charge >= 0.3 is 17.8 Å². The molecule has 150 valence electrons. The maximum atomic E-state index is 12.4. The first kappa shape index (κ1) is 20.1. The number of ether oxygens (including phenoxy) is 1. The van der Waals surface area contributed by atoms with Gasteiger partial charge in [0.25, 0.3) is 0 Å². The summed E-state index contributed by atoms with van der Waals surface area (Å²) in [5.74, 6) is -2.00. The van der Waals surface area contributed by atoms with Crippen LogP contribution in [0, 0.1) is 0 Å². The predicted molar refractivity (Wildman–Crippen MR) is 105 cm³/mol. The lowest BCUT2D eigenvalue weighted by atomic mass is 10.1. The Morgan fingerprint density at radius 1 is 1.29 bits per heavy atom. The van der Waals surface area contributed by atoms with E-state index in [0.717, 1.165) is 24.1 Å². The Morgan fingerprint density at radius 2 is 2.11 bits per heavy atom. The molecular weight excluding hydrogens is 380 g/mol. The van der Waals surface area contributed by atoms with Gasteiger partial charge in [0, 0.05) is 17.3 Å². The second-order valence-electron chi connectivity index (χ2n) is 6.57. The fourth-order valence-corrected chi connectivity index (χ4v) is 4.37. The molecule has 0 bridgehead atoms. The van der Waals surface area contributed by atoms with Crippen LogP contribution in [0.2, 0.25) is 0 Å². The first-order chi connectivity index (χ1) is 13.5. The maximum Gasteiger partial charge on any atom is 0.341 e. The Hall–Kier alpha value is -2.68. The number of aryl methyl sites for hydroxylation is 1. The molecule has 2 atom stereocenters. The highest BCUT2D eigenvalue weighted by molar-refractivity contribution is 7.16. The third-order valence-corrected chi connectivity index (χ3v) is 5.96. The van der Waals surface area contributed by atoms with Gasteiger partial charge < -0.3 is 19.9 Å². The van der Waals surface area contributed by atoms with E-state index in [1.807, 2.05) is 17.7 Å². The lowest BCUT2D eigenvalue weighted by Crippen LogP contribution is -2.43. The molecule has 1 fully saturated rings. The molecule has 1 aliphatic rings. The number of anilines is 1. The number of aromatic nitrogens is 2. The highest BCUT2D eigenvalue weighted by Crippen LogP contribution is 2.31. The summed E-state index contributed by atoms with van der Waals surface area (Å²) in [6, 6.07) is 1.65. The minimum absolute atomic E-state index is 0.0859. The number of hydrogen-bond donors (Lipinski definition) is 2. The van der Waals surface area contributed by atoms with Crippen LogP contribution in [0.25, 0.3) is 0 Å². The number of esters is 1. The molecule has 8 nitrogen and oxygen atoms in total. The summed E-state index contributed by atoms with van der Waals surface area (Å²) < 4.78 is 7.00. The first-order valence-electron chi connectivity index (χ1n) is 9.42. The summed E-state index contributed by atoms with van der Waals surface area (Å²) in [7, 11) is 0. The molecule has 0 saturated heterocycles. The number of rotatable bonds is 6. The van der Waals surface area contributed by atoms with Crippen molar-refractivity contribution in [1.82, 2.24) is 14.9 Å². The predicted octanol–water partition coefficient (Wildman–Crippen LogP) is 2.53. The second-order valence-corrected chi connectivity index (χ2v) is 7.71. The lowest BCUT2D eigenvalue weighted by molar-refractivity contribution is -0.136. The smallest absolute Gasteiger partial charge is 0.341 e. The minimum Gasteiger partial charge on any atom is -0.462 e. The SMILES string of the molecule is CCOC(=O)c1cc(CC)sc1NC(=O)C(=O)N[C@H]1CCC[C@H]1n1ccnc1. The van der Waals surface area contributed by atoms with E-state index >= 15 is 0 Å². The van der Waals surface area contributed by atoms with Gasteiger partial charge in [-0.05, 0) is 38.7 Å². The number of amides is 2. The van der Waals surface area contributed by atoms with Crippen molar-refractivity contribution < 1.29 is 19.1 Å². The van der Waals surface area contributed by atoms with Crippen molar-refractivity contribution in [1.29, 1.82) is 0 Å². The minimum atomic E-state index is -0.786. The topological polar surface area (TPSA) is 102 Å². The number of thiophene rings is 1. The fraction of sp³-hybridized carbons (Fsp3) is 0.474. The zero-order valence-corrected chi connectivity index (χ0v) is 16.8. The van der Waals surface area contributed by atoms with Gasteiger partial charge in [0.2, 0.25) is 0 Å². The van der Waals surface area contributed by atoms with Crippen molar-refractivity contribution in [3.8, 4) is 0 Å². The van der Waals surface area contributed by atoms with Gasteiger partial charge in [-0.3, -0.25) is 9.59 Å². The number of nitrogens with one attached hydrogen (secondary N) is 2. The first-order valence-corrected chi connectivity index (χ1v) is 10.2. The molecule has 2 amide bonds. The Morgan fingerprint density at radius 3 is 2.79 bits per heavy atom. The number of carbonyl (C=O) groups excluding carboxylic acids is 3. The monoisotopic (exact) mass is 404 g/mol. The molecule has 2 N–H and O–H groups in total. The molecular formula is C19H24N4O4S. The highest BCUT2D eigenvalue weighted by atomic mass is 32.1. The highest BCUT2D eigenvalue weighted by Gasteiger charge is 2.31. The van der Waals surface area contributed by atoms with Crippen molar-refractivity contribution in [2.45, 2.75) is 51.6 Å². The summed E-state index contributed by atoms with van der Waals surface area (Å²) in [6.07, 6.45) is 8.68. The third-order valence-electron chi connectivity index (χ3n) is 4.76. The van der Waals surface area contributed by atoms with E-state index in [0.29, 0.717) is 11.4 Å². The van der Waals surface area contributed by atoms with E-state index in [2.05, 4.69) is 15.6 Å². The zero-order valence-electron chi connectivity index (χ0n) is 15.9. The van der Waals surface area contributed by atoms with Crippen LogP contribution in [0.1, 0.15) is 54.4 Å². The molecule has 1 saturated carbocycles. The lowest BCUT2D eigenvalue weighted by Gasteiger charge is -2.21. The molecule has 2 aromatic heterocycles. The largest absolute Gasteiger partial charge is 0.462 e. The van der Waals surface area contributed by atoms with Gasteiger partial charge in [0.05, 0.1) is 30.6 Å². The van der Waals surface area contributed by atoms with Crippen LogP contribution >= 0.6 is 11.3 Å². The van der Waals surface area contributed by atoms with Gasteiger partial charge in [-0.15, -0.1) is 11.3 Å². The van der Waals surface area contributed by atoms with Gasteiger partial charge in [-0.25, -0.2) is 9.78 Å². The number of nitrogens with zero attached hydrogens (tertiary/aromatic N) is 2. The number of imidazole rings is 1.